The summed E-state index contributed by atoms with van der Waals surface area (Å²) in [6.07, 6.45) is 0.225. The number of halogens is 2. The molecule has 0 bridgehead atoms. The second-order valence-corrected chi connectivity index (χ2v) is 3.86. The van der Waals surface area contributed by atoms with Crippen LogP contribution in [0, 0.1) is 10.1 Å². The molecule has 0 aromatic heterocycles. The van der Waals surface area contributed by atoms with E-state index in [4.69, 9.17) is 11.6 Å². The van der Waals surface area contributed by atoms with E-state index in [9.17, 15) is 14.9 Å². The first-order valence-electron chi connectivity index (χ1n) is 4.05. The molecule has 0 fully saturated rings. The molecule has 1 aromatic carbocycles. The van der Waals surface area contributed by atoms with Crippen LogP contribution in [0.5, 0.6) is 0 Å². The first kappa shape index (κ1) is 12.1. The number of hydrogen-bond donors (Lipinski definition) is 0. The summed E-state index contributed by atoms with van der Waals surface area (Å²) in [7, 11) is 0. The molecule has 15 heavy (non-hydrogen) atoms. The van der Waals surface area contributed by atoms with Crippen molar-refractivity contribution < 1.29 is 9.72 Å². The highest BCUT2D eigenvalue weighted by Crippen LogP contribution is 2.25. The van der Waals surface area contributed by atoms with Gasteiger partial charge in [-0.15, -0.1) is 0 Å². The lowest BCUT2D eigenvalue weighted by Gasteiger charge is -2.00. The van der Waals surface area contributed by atoms with Crippen molar-refractivity contribution in [2.45, 2.75) is 6.42 Å². The summed E-state index contributed by atoms with van der Waals surface area (Å²) in [5.74, 6) is -0.0000743. The van der Waals surface area contributed by atoms with Crippen LogP contribution in [0.25, 0.3) is 0 Å². The fourth-order valence-corrected chi connectivity index (χ4v) is 1.55. The van der Waals surface area contributed by atoms with Gasteiger partial charge >= 0.3 is 0 Å². The van der Waals surface area contributed by atoms with Gasteiger partial charge in [-0.1, -0.05) is 33.6 Å². The van der Waals surface area contributed by atoms with Crippen LogP contribution in [0.15, 0.2) is 18.2 Å². The highest BCUT2D eigenvalue weighted by Gasteiger charge is 2.12. The number of nitrogens with zero attached hydrogens (tertiary/aromatic N) is 1. The predicted octanol–water partition coefficient (Wildman–Crippen LogP) is 2.75. The van der Waals surface area contributed by atoms with Crippen LogP contribution in [0.1, 0.15) is 5.56 Å². The first-order chi connectivity index (χ1) is 7.04. The highest BCUT2D eigenvalue weighted by atomic mass is 79.9. The molecule has 0 aliphatic heterocycles. The van der Waals surface area contributed by atoms with Gasteiger partial charge in [-0.3, -0.25) is 14.9 Å². The van der Waals surface area contributed by atoms with Crippen LogP contribution >= 0.6 is 27.5 Å². The molecular weight excluding hydrogens is 285 g/mol. The summed E-state index contributed by atoms with van der Waals surface area (Å²) < 4.78 is 0. The Kier molecular flexibility index (Phi) is 4.23. The van der Waals surface area contributed by atoms with Gasteiger partial charge in [0.15, 0.2) is 0 Å². The van der Waals surface area contributed by atoms with Gasteiger partial charge in [0.2, 0.25) is 0 Å². The van der Waals surface area contributed by atoms with Crippen molar-refractivity contribution in [2.24, 2.45) is 0 Å². The molecule has 0 saturated carbocycles. The molecule has 0 atom stereocenters. The Hall–Kier alpha value is -0.940. The number of benzene rings is 1. The van der Waals surface area contributed by atoms with Gasteiger partial charge in [-0.25, -0.2) is 0 Å². The lowest BCUT2D eigenvalue weighted by Crippen LogP contribution is -2.03. The maximum Gasteiger partial charge on any atom is 0.287 e. The van der Waals surface area contributed by atoms with E-state index in [2.05, 4.69) is 15.9 Å². The zero-order valence-electron chi connectivity index (χ0n) is 7.57. The van der Waals surface area contributed by atoms with E-state index in [0.717, 1.165) is 0 Å². The van der Waals surface area contributed by atoms with E-state index in [-0.39, 0.29) is 28.2 Å². The molecule has 0 aliphatic rings. The van der Waals surface area contributed by atoms with Crippen LogP contribution in [0.3, 0.4) is 0 Å². The second kappa shape index (κ2) is 5.23. The molecule has 80 valence electrons. The molecule has 1 rings (SSSR count). The van der Waals surface area contributed by atoms with E-state index in [1.807, 2.05) is 0 Å². The molecule has 0 spiro atoms. The van der Waals surface area contributed by atoms with E-state index in [1.54, 1.807) is 0 Å². The second-order valence-electron chi connectivity index (χ2n) is 2.89. The SMILES string of the molecule is O=C(CBr)Cc1ccc([N+](=O)[O-])c(Cl)c1. The summed E-state index contributed by atoms with van der Waals surface area (Å²) >= 11 is 8.72. The maximum atomic E-state index is 11.1. The van der Waals surface area contributed by atoms with Crippen molar-refractivity contribution in [2.75, 3.05) is 5.33 Å². The number of carbonyl (C=O) groups excluding carboxylic acids is 1. The van der Waals surface area contributed by atoms with Crippen molar-refractivity contribution in [3.63, 3.8) is 0 Å². The minimum Gasteiger partial charge on any atom is -0.298 e. The molecule has 0 amide bonds. The standard InChI is InChI=1S/C9H7BrClNO3/c10-5-7(13)3-6-1-2-9(12(14)15)8(11)4-6/h1-2,4H,3,5H2. The number of ketones is 1. The lowest BCUT2D eigenvalue weighted by molar-refractivity contribution is -0.384. The van der Waals surface area contributed by atoms with Gasteiger partial charge in [0.25, 0.3) is 5.69 Å². The van der Waals surface area contributed by atoms with Crippen LogP contribution in [-0.4, -0.2) is 16.0 Å². The minimum atomic E-state index is -0.557. The summed E-state index contributed by atoms with van der Waals surface area (Å²) in [5, 5.41) is 10.8. The quantitative estimate of drug-likeness (QED) is 0.487. The Labute approximate surface area is 99.5 Å². The normalized spacial score (nSPS) is 10.0. The molecule has 0 saturated heterocycles. The predicted molar refractivity (Wildman–Crippen MR) is 60.6 cm³/mol. The monoisotopic (exact) mass is 291 g/mol. The number of rotatable bonds is 4. The van der Waals surface area contributed by atoms with Crippen LogP contribution in [0.4, 0.5) is 5.69 Å². The maximum absolute atomic E-state index is 11.1. The van der Waals surface area contributed by atoms with Gasteiger partial charge in [-0.2, -0.15) is 0 Å². The topological polar surface area (TPSA) is 60.2 Å². The molecule has 0 heterocycles. The highest BCUT2D eigenvalue weighted by molar-refractivity contribution is 9.09. The smallest absolute Gasteiger partial charge is 0.287 e. The van der Waals surface area contributed by atoms with Crippen LogP contribution in [0.2, 0.25) is 5.02 Å². The summed E-state index contributed by atoms with van der Waals surface area (Å²) in [4.78, 5) is 21.0. The first-order valence-corrected chi connectivity index (χ1v) is 5.55. The van der Waals surface area contributed by atoms with E-state index in [1.165, 1.54) is 18.2 Å². The Morgan fingerprint density at radius 2 is 2.20 bits per heavy atom. The van der Waals surface area contributed by atoms with Crippen molar-refractivity contribution in [1.82, 2.24) is 0 Å². The van der Waals surface area contributed by atoms with Crippen molar-refractivity contribution >= 4 is 39.0 Å². The summed E-state index contributed by atoms with van der Waals surface area (Å²) in [6, 6.07) is 4.28. The van der Waals surface area contributed by atoms with Crippen LogP contribution in [-0.2, 0) is 11.2 Å². The van der Waals surface area contributed by atoms with E-state index >= 15 is 0 Å². The van der Waals surface area contributed by atoms with Gasteiger partial charge in [-0.05, 0) is 11.6 Å². The zero-order chi connectivity index (χ0) is 11.4. The summed E-state index contributed by atoms with van der Waals surface area (Å²) in [6.45, 7) is 0. The van der Waals surface area contributed by atoms with Crippen molar-refractivity contribution in [3.8, 4) is 0 Å². The van der Waals surface area contributed by atoms with E-state index in [0.29, 0.717) is 5.56 Å². The molecule has 1 aromatic rings. The third-order valence-corrected chi connectivity index (χ3v) is 2.69. The van der Waals surface area contributed by atoms with Gasteiger partial charge < -0.3 is 0 Å². The Morgan fingerprint density at radius 1 is 1.53 bits per heavy atom. The average molecular weight is 293 g/mol. The number of nitro groups is 1. The lowest BCUT2D eigenvalue weighted by atomic mass is 10.1. The van der Waals surface area contributed by atoms with Crippen molar-refractivity contribution in [1.29, 1.82) is 0 Å². The van der Waals surface area contributed by atoms with Gasteiger partial charge in [0.1, 0.15) is 10.8 Å². The Balaban J connectivity index is 2.91. The van der Waals surface area contributed by atoms with Crippen LogP contribution < -0.4 is 0 Å². The number of hydrogen-bond acceptors (Lipinski definition) is 3. The molecule has 0 unspecified atom stereocenters. The largest absolute Gasteiger partial charge is 0.298 e. The fraction of sp³-hybridized carbons (Fsp3) is 0.222. The minimum absolute atomic E-state index is 0.0000743. The Bertz CT molecular complexity index is 408. The molecule has 0 N–H and O–H groups in total. The Morgan fingerprint density at radius 3 is 2.67 bits per heavy atom. The third kappa shape index (κ3) is 3.28. The average Bonchev–Trinajstić information content (AvgIpc) is 2.17. The molecule has 4 nitrogen and oxygen atoms in total. The third-order valence-electron chi connectivity index (χ3n) is 1.76. The fourth-order valence-electron chi connectivity index (χ4n) is 1.08. The number of Topliss-reactive ketones (excluding diaryl/α,β-unsaturated/α-hetero) is 1. The molecule has 6 heteroatoms. The van der Waals surface area contributed by atoms with Gasteiger partial charge in [0, 0.05) is 12.5 Å². The number of carbonyl (C=O) groups is 1. The number of nitro benzene ring substituents is 1. The molecule has 0 radical (unpaired) electrons. The summed E-state index contributed by atoms with van der Waals surface area (Å²) in [5.41, 5.74) is 0.529. The molecular formula is C9H7BrClNO3. The number of alkyl halides is 1. The zero-order valence-corrected chi connectivity index (χ0v) is 9.92. The molecule has 0 aliphatic carbocycles. The van der Waals surface area contributed by atoms with Gasteiger partial charge in [0.05, 0.1) is 10.3 Å². The van der Waals surface area contributed by atoms with E-state index < -0.39 is 4.92 Å². The van der Waals surface area contributed by atoms with Crippen molar-refractivity contribution in [3.05, 3.63) is 38.9 Å².